The summed E-state index contributed by atoms with van der Waals surface area (Å²) in [5.74, 6) is 0.420. The van der Waals surface area contributed by atoms with Crippen molar-refractivity contribution in [3.8, 4) is 5.75 Å². The molecule has 1 amide bonds. The van der Waals surface area contributed by atoms with Crippen molar-refractivity contribution >= 4 is 34.6 Å². The Balaban J connectivity index is 1.75. The van der Waals surface area contributed by atoms with Crippen LogP contribution in [0.3, 0.4) is 0 Å². The number of nitrogens with zero attached hydrogens (tertiary/aromatic N) is 1. The van der Waals surface area contributed by atoms with E-state index in [1.165, 1.54) is 6.20 Å². The Hall–Kier alpha value is -3.05. The number of aromatic nitrogens is 1. The van der Waals surface area contributed by atoms with E-state index in [1.807, 2.05) is 37.3 Å². The summed E-state index contributed by atoms with van der Waals surface area (Å²) >= 11 is 6.15. The predicted molar refractivity (Wildman–Crippen MR) is 105 cm³/mol. The van der Waals surface area contributed by atoms with Gasteiger partial charge < -0.3 is 15.4 Å². The SMILES string of the molecule is COc1cccc(NC(=O)c2cncc(Nc3ccc(C)c(Cl)c3)c2)c1. The van der Waals surface area contributed by atoms with Crippen LogP contribution in [0.1, 0.15) is 15.9 Å². The maximum atomic E-state index is 12.5. The number of rotatable bonds is 5. The first kappa shape index (κ1) is 17.8. The van der Waals surface area contributed by atoms with Crippen molar-refractivity contribution in [2.75, 3.05) is 17.7 Å². The fourth-order valence-electron chi connectivity index (χ4n) is 2.37. The molecule has 3 rings (SSSR count). The lowest BCUT2D eigenvalue weighted by molar-refractivity contribution is 0.102. The summed E-state index contributed by atoms with van der Waals surface area (Å²) in [6, 6.07) is 14.6. The second kappa shape index (κ2) is 7.89. The van der Waals surface area contributed by atoms with Gasteiger partial charge in [0.05, 0.1) is 24.6 Å². The Morgan fingerprint density at radius 3 is 2.65 bits per heavy atom. The molecule has 0 fully saturated rings. The molecule has 26 heavy (non-hydrogen) atoms. The smallest absolute Gasteiger partial charge is 0.257 e. The second-order valence-electron chi connectivity index (χ2n) is 5.74. The molecule has 3 aromatic rings. The van der Waals surface area contributed by atoms with Crippen molar-refractivity contribution in [3.05, 3.63) is 77.1 Å². The van der Waals surface area contributed by atoms with Gasteiger partial charge in [-0.3, -0.25) is 9.78 Å². The molecule has 2 aromatic carbocycles. The first-order chi connectivity index (χ1) is 12.5. The number of aryl methyl sites for hydroxylation is 1. The van der Waals surface area contributed by atoms with Crippen LogP contribution in [-0.4, -0.2) is 18.0 Å². The number of methoxy groups -OCH3 is 1. The Morgan fingerprint density at radius 1 is 1.04 bits per heavy atom. The number of hydrogen-bond acceptors (Lipinski definition) is 4. The minimum absolute atomic E-state index is 0.253. The summed E-state index contributed by atoms with van der Waals surface area (Å²) in [6.45, 7) is 1.94. The predicted octanol–water partition coefficient (Wildman–Crippen LogP) is 5.05. The highest BCUT2D eigenvalue weighted by Gasteiger charge is 2.09. The summed E-state index contributed by atoms with van der Waals surface area (Å²) in [6.07, 6.45) is 3.17. The zero-order chi connectivity index (χ0) is 18.5. The van der Waals surface area contributed by atoms with E-state index < -0.39 is 0 Å². The molecule has 2 N–H and O–H groups in total. The van der Waals surface area contributed by atoms with E-state index in [0.29, 0.717) is 27.7 Å². The highest BCUT2D eigenvalue weighted by Crippen LogP contribution is 2.23. The number of hydrogen-bond donors (Lipinski definition) is 2. The molecule has 0 unspecified atom stereocenters. The Kier molecular flexibility index (Phi) is 5.39. The number of amides is 1. The second-order valence-corrected chi connectivity index (χ2v) is 6.14. The van der Waals surface area contributed by atoms with E-state index in [-0.39, 0.29) is 5.91 Å². The summed E-state index contributed by atoms with van der Waals surface area (Å²) in [7, 11) is 1.58. The lowest BCUT2D eigenvalue weighted by atomic mass is 10.2. The van der Waals surface area contributed by atoms with Crippen LogP contribution in [0.4, 0.5) is 17.1 Å². The molecule has 132 valence electrons. The minimum atomic E-state index is -0.253. The van der Waals surface area contributed by atoms with Gasteiger partial charge in [-0.25, -0.2) is 0 Å². The standard InChI is InChI=1S/C20H18ClN3O2/c1-13-6-7-16(10-19(13)21)23-17-8-14(11-22-12-17)20(25)24-15-4-3-5-18(9-15)26-2/h3-12,23H,1-2H3,(H,24,25). The topological polar surface area (TPSA) is 63.2 Å². The van der Waals surface area contributed by atoms with E-state index in [4.69, 9.17) is 16.3 Å². The Labute approximate surface area is 157 Å². The van der Waals surface area contributed by atoms with Crippen molar-refractivity contribution in [1.29, 1.82) is 0 Å². The van der Waals surface area contributed by atoms with Crippen molar-refractivity contribution in [2.45, 2.75) is 6.92 Å². The van der Waals surface area contributed by atoms with Crippen LogP contribution in [0, 0.1) is 6.92 Å². The molecular weight excluding hydrogens is 350 g/mol. The number of benzene rings is 2. The first-order valence-electron chi connectivity index (χ1n) is 7.99. The molecule has 0 saturated carbocycles. The van der Waals surface area contributed by atoms with Crippen LogP contribution >= 0.6 is 11.6 Å². The van der Waals surface area contributed by atoms with E-state index in [0.717, 1.165) is 11.3 Å². The summed E-state index contributed by atoms with van der Waals surface area (Å²) in [5, 5.41) is 6.71. The van der Waals surface area contributed by atoms with Gasteiger partial charge in [0.1, 0.15) is 5.75 Å². The summed E-state index contributed by atoms with van der Waals surface area (Å²) < 4.78 is 5.16. The first-order valence-corrected chi connectivity index (χ1v) is 8.36. The number of anilines is 3. The van der Waals surface area contributed by atoms with Crippen LogP contribution in [0.5, 0.6) is 5.75 Å². The third-order valence-electron chi connectivity index (χ3n) is 3.79. The summed E-state index contributed by atoms with van der Waals surface area (Å²) in [5.41, 5.74) is 3.62. The monoisotopic (exact) mass is 367 g/mol. The molecule has 0 atom stereocenters. The van der Waals surface area contributed by atoms with E-state index in [2.05, 4.69) is 15.6 Å². The number of pyridine rings is 1. The Bertz CT molecular complexity index is 944. The van der Waals surface area contributed by atoms with Crippen molar-refractivity contribution < 1.29 is 9.53 Å². The molecule has 0 aliphatic heterocycles. The van der Waals surface area contributed by atoms with Crippen molar-refractivity contribution in [2.24, 2.45) is 0 Å². The molecule has 1 heterocycles. The van der Waals surface area contributed by atoms with Gasteiger partial charge in [0.2, 0.25) is 0 Å². The third-order valence-corrected chi connectivity index (χ3v) is 4.20. The normalized spacial score (nSPS) is 10.3. The zero-order valence-electron chi connectivity index (χ0n) is 14.4. The average Bonchev–Trinajstić information content (AvgIpc) is 2.65. The van der Waals surface area contributed by atoms with Crippen molar-refractivity contribution in [3.63, 3.8) is 0 Å². The average molecular weight is 368 g/mol. The highest BCUT2D eigenvalue weighted by molar-refractivity contribution is 6.31. The van der Waals surface area contributed by atoms with Gasteiger partial charge in [-0.2, -0.15) is 0 Å². The van der Waals surface area contributed by atoms with Gasteiger partial charge >= 0.3 is 0 Å². The zero-order valence-corrected chi connectivity index (χ0v) is 15.2. The van der Waals surface area contributed by atoms with Gasteiger partial charge in [0, 0.05) is 28.7 Å². The number of carbonyl (C=O) groups is 1. The minimum Gasteiger partial charge on any atom is -0.497 e. The maximum Gasteiger partial charge on any atom is 0.257 e. The van der Waals surface area contributed by atoms with Crippen LogP contribution in [0.15, 0.2) is 60.9 Å². The molecule has 0 saturated heterocycles. The molecule has 0 aliphatic carbocycles. The largest absolute Gasteiger partial charge is 0.497 e. The highest BCUT2D eigenvalue weighted by atomic mass is 35.5. The van der Waals surface area contributed by atoms with Gasteiger partial charge in [0.25, 0.3) is 5.91 Å². The van der Waals surface area contributed by atoms with Crippen LogP contribution < -0.4 is 15.4 Å². The molecular formula is C20H18ClN3O2. The van der Waals surface area contributed by atoms with E-state index >= 15 is 0 Å². The van der Waals surface area contributed by atoms with Gasteiger partial charge in [-0.05, 0) is 42.8 Å². The lowest BCUT2D eigenvalue weighted by Crippen LogP contribution is -2.12. The lowest BCUT2D eigenvalue weighted by Gasteiger charge is -2.10. The van der Waals surface area contributed by atoms with Gasteiger partial charge in [-0.1, -0.05) is 23.7 Å². The fraction of sp³-hybridized carbons (Fsp3) is 0.100. The molecule has 5 nitrogen and oxygen atoms in total. The number of nitrogens with one attached hydrogen (secondary N) is 2. The van der Waals surface area contributed by atoms with Crippen LogP contribution in [-0.2, 0) is 0 Å². The molecule has 6 heteroatoms. The molecule has 0 aliphatic rings. The Morgan fingerprint density at radius 2 is 1.88 bits per heavy atom. The molecule has 0 radical (unpaired) electrons. The fourth-order valence-corrected chi connectivity index (χ4v) is 2.55. The summed E-state index contributed by atoms with van der Waals surface area (Å²) in [4.78, 5) is 16.6. The van der Waals surface area contributed by atoms with Gasteiger partial charge in [0.15, 0.2) is 0 Å². The molecule has 1 aromatic heterocycles. The number of ether oxygens (including phenoxy) is 1. The van der Waals surface area contributed by atoms with Crippen LogP contribution in [0.25, 0.3) is 0 Å². The quantitative estimate of drug-likeness (QED) is 0.662. The molecule has 0 bridgehead atoms. The number of halogens is 1. The third kappa shape index (κ3) is 4.32. The van der Waals surface area contributed by atoms with E-state index in [9.17, 15) is 4.79 Å². The number of carbonyl (C=O) groups excluding carboxylic acids is 1. The van der Waals surface area contributed by atoms with Crippen LogP contribution in [0.2, 0.25) is 5.02 Å². The maximum absolute atomic E-state index is 12.5. The van der Waals surface area contributed by atoms with Crippen molar-refractivity contribution in [1.82, 2.24) is 4.98 Å². The van der Waals surface area contributed by atoms with Gasteiger partial charge in [-0.15, -0.1) is 0 Å². The van der Waals surface area contributed by atoms with E-state index in [1.54, 1.807) is 31.5 Å². The molecule has 0 spiro atoms.